The first-order chi connectivity index (χ1) is 20.8. The van der Waals surface area contributed by atoms with Gasteiger partial charge >= 0.3 is 0 Å². The molecule has 2 aromatic rings. The van der Waals surface area contributed by atoms with Crippen LogP contribution in [0.3, 0.4) is 0 Å². The molecule has 1 aromatic heterocycles. The van der Waals surface area contributed by atoms with Crippen LogP contribution in [0.4, 0.5) is 15.8 Å². The maximum absolute atomic E-state index is 13.8. The van der Waals surface area contributed by atoms with Crippen molar-refractivity contribution in [3.63, 3.8) is 0 Å². The van der Waals surface area contributed by atoms with Crippen LogP contribution < -0.4 is 14.5 Å². The lowest BCUT2D eigenvalue weighted by molar-refractivity contribution is -0.131. The highest BCUT2D eigenvalue weighted by Crippen LogP contribution is 2.37. The molecular weight excluding hydrogens is 545 g/mol. The zero-order chi connectivity index (χ0) is 30.1. The maximum atomic E-state index is 13.8. The van der Waals surface area contributed by atoms with Crippen molar-refractivity contribution in [3.8, 4) is 11.9 Å². The van der Waals surface area contributed by atoms with Gasteiger partial charge in [-0.3, -0.25) is 4.79 Å². The number of nitrogens with zero attached hydrogens (tertiary/aromatic N) is 7. The first-order valence-electron chi connectivity index (χ1n) is 15.5. The van der Waals surface area contributed by atoms with Gasteiger partial charge in [0, 0.05) is 68.3 Å². The van der Waals surface area contributed by atoms with E-state index in [4.69, 9.17) is 9.72 Å². The number of nitriles is 1. The van der Waals surface area contributed by atoms with Gasteiger partial charge in [0.15, 0.2) is 5.83 Å². The molecule has 10 heteroatoms. The third kappa shape index (κ3) is 6.06. The van der Waals surface area contributed by atoms with Crippen molar-refractivity contribution in [1.29, 1.82) is 5.26 Å². The number of hydrogen-bond acceptors (Lipinski definition) is 8. The molecule has 1 amide bonds. The molecule has 43 heavy (non-hydrogen) atoms. The van der Waals surface area contributed by atoms with Crippen LogP contribution in [0.1, 0.15) is 41.6 Å². The number of anilines is 2. The van der Waals surface area contributed by atoms with Crippen molar-refractivity contribution in [2.24, 2.45) is 0 Å². The van der Waals surface area contributed by atoms with E-state index in [0.717, 1.165) is 56.8 Å². The lowest BCUT2D eigenvalue weighted by atomic mass is 9.95. The summed E-state index contributed by atoms with van der Waals surface area (Å²) >= 11 is 0. The molecule has 228 valence electrons. The summed E-state index contributed by atoms with van der Waals surface area (Å²) in [6.45, 7) is 9.76. The van der Waals surface area contributed by atoms with Crippen LogP contribution in [0, 0.1) is 11.3 Å². The summed E-state index contributed by atoms with van der Waals surface area (Å²) in [7, 11) is 4.32. The number of carbonyl (C=O) groups is 1. The zero-order valence-electron chi connectivity index (χ0n) is 25.4. The van der Waals surface area contributed by atoms with Gasteiger partial charge in [-0.25, -0.2) is 9.37 Å². The van der Waals surface area contributed by atoms with Crippen LogP contribution in [0.2, 0.25) is 0 Å². The summed E-state index contributed by atoms with van der Waals surface area (Å²) < 4.78 is 20.2. The number of likely N-dealkylation sites (tertiary alicyclic amines) is 1. The van der Waals surface area contributed by atoms with Crippen LogP contribution in [0.25, 0.3) is 0 Å². The molecule has 2 fully saturated rings. The van der Waals surface area contributed by atoms with Gasteiger partial charge in [0.2, 0.25) is 5.88 Å². The Morgan fingerprint density at radius 2 is 1.91 bits per heavy atom. The standard InChI is InChI=1S/C33H42FN7O2/c1-23(34)33(42)41-17-16-40(20-25(41)9-12-35)31-18-32(43-22-26-7-5-13-38(26)3)36-29-21-39(15-11-28(29)31)30-8-4-6-24-19-37(2)14-10-27(24)30/h4,6,8,18,25-26H,1,5,7,9-11,13-17,19-22H2,2-3H3/t25-,26-/m0/s1. The van der Waals surface area contributed by atoms with Crippen LogP contribution in [0.5, 0.6) is 5.88 Å². The molecule has 0 spiro atoms. The fourth-order valence-corrected chi connectivity index (χ4v) is 7.23. The summed E-state index contributed by atoms with van der Waals surface area (Å²) in [4.78, 5) is 28.5. The summed E-state index contributed by atoms with van der Waals surface area (Å²) in [6.07, 6.45) is 4.28. The van der Waals surface area contributed by atoms with Crippen LogP contribution in [-0.2, 0) is 30.7 Å². The molecule has 2 atom stereocenters. The number of fused-ring (bicyclic) bond motifs is 2. The van der Waals surface area contributed by atoms with Crippen LogP contribution in [-0.4, -0.2) is 97.6 Å². The van der Waals surface area contributed by atoms with E-state index in [9.17, 15) is 14.4 Å². The third-order valence-corrected chi connectivity index (χ3v) is 9.65. The number of ether oxygens (including phenoxy) is 1. The molecule has 0 saturated carbocycles. The quantitative estimate of drug-likeness (QED) is 0.456. The van der Waals surface area contributed by atoms with Crippen molar-refractivity contribution >= 4 is 17.3 Å². The van der Waals surface area contributed by atoms with E-state index >= 15 is 0 Å². The Kier molecular flexibility index (Phi) is 8.55. The normalized spacial score (nSPS) is 22.6. The highest BCUT2D eigenvalue weighted by Gasteiger charge is 2.34. The average molecular weight is 588 g/mol. The van der Waals surface area contributed by atoms with E-state index in [1.807, 2.05) is 6.07 Å². The number of benzene rings is 1. The van der Waals surface area contributed by atoms with Crippen molar-refractivity contribution in [2.45, 2.75) is 57.3 Å². The molecule has 0 aliphatic carbocycles. The predicted molar refractivity (Wildman–Crippen MR) is 165 cm³/mol. The Morgan fingerprint density at radius 3 is 2.67 bits per heavy atom. The maximum Gasteiger partial charge on any atom is 0.282 e. The number of hydrogen-bond donors (Lipinski definition) is 0. The zero-order valence-corrected chi connectivity index (χ0v) is 25.4. The molecule has 1 aromatic carbocycles. The molecule has 4 aliphatic heterocycles. The first kappa shape index (κ1) is 29.4. The van der Waals surface area contributed by atoms with Gasteiger partial charge in [0.25, 0.3) is 5.91 Å². The van der Waals surface area contributed by atoms with Crippen LogP contribution in [0.15, 0.2) is 36.7 Å². The molecule has 0 unspecified atom stereocenters. The van der Waals surface area contributed by atoms with E-state index in [1.165, 1.54) is 33.7 Å². The Balaban J connectivity index is 1.31. The first-order valence-corrected chi connectivity index (χ1v) is 15.5. The van der Waals surface area contributed by atoms with Crippen molar-refractivity contribution in [2.75, 3.05) is 69.8 Å². The second-order valence-electron chi connectivity index (χ2n) is 12.4. The van der Waals surface area contributed by atoms with Crippen molar-refractivity contribution in [3.05, 3.63) is 59.1 Å². The number of rotatable bonds is 7. The van der Waals surface area contributed by atoms with Gasteiger partial charge in [-0.15, -0.1) is 0 Å². The lowest BCUT2D eigenvalue weighted by Gasteiger charge is -2.43. The highest BCUT2D eigenvalue weighted by molar-refractivity contribution is 5.91. The summed E-state index contributed by atoms with van der Waals surface area (Å²) in [5.41, 5.74) is 7.38. The minimum absolute atomic E-state index is 0.127. The van der Waals surface area contributed by atoms with E-state index in [-0.39, 0.29) is 6.42 Å². The third-order valence-electron chi connectivity index (χ3n) is 9.65. The molecule has 9 nitrogen and oxygen atoms in total. The fourth-order valence-electron chi connectivity index (χ4n) is 7.23. The van der Waals surface area contributed by atoms with Gasteiger partial charge in [0.1, 0.15) is 6.61 Å². The Bertz CT molecular complexity index is 1420. The van der Waals surface area contributed by atoms with E-state index < -0.39 is 17.8 Å². The largest absolute Gasteiger partial charge is 0.476 e. The molecule has 5 heterocycles. The minimum Gasteiger partial charge on any atom is -0.476 e. The minimum atomic E-state index is -0.986. The Hall–Kier alpha value is -3.68. The SMILES string of the molecule is C=C(F)C(=O)N1CCN(c2cc(OC[C@@H]3CCCN3C)nc3c2CCN(c2cccc4c2CCN(C)C4)C3)C[C@@H]1CC#N. The Morgan fingerprint density at radius 1 is 1.07 bits per heavy atom. The fraction of sp³-hybridized carbons (Fsp3) is 0.545. The number of piperazine rings is 1. The van der Waals surface area contributed by atoms with E-state index in [1.54, 1.807) is 0 Å². The smallest absolute Gasteiger partial charge is 0.282 e. The molecular formula is C33H42FN7O2. The van der Waals surface area contributed by atoms with E-state index in [2.05, 4.69) is 64.5 Å². The van der Waals surface area contributed by atoms with Gasteiger partial charge in [0.05, 0.1) is 30.8 Å². The van der Waals surface area contributed by atoms with Crippen molar-refractivity contribution < 1.29 is 13.9 Å². The second-order valence-corrected chi connectivity index (χ2v) is 12.4. The van der Waals surface area contributed by atoms with Crippen molar-refractivity contribution in [1.82, 2.24) is 19.7 Å². The van der Waals surface area contributed by atoms with Gasteiger partial charge in [-0.05, 0) is 63.5 Å². The molecule has 2 saturated heterocycles. The summed E-state index contributed by atoms with van der Waals surface area (Å²) in [5.74, 6) is -1.10. The number of amides is 1. The summed E-state index contributed by atoms with van der Waals surface area (Å²) in [5, 5.41) is 9.52. The van der Waals surface area contributed by atoms with E-state index in [0.29, 0.717) is 44.7 Å². The second kappa shape index (κ2) is 12.5. The average Bonchev–Trinajstić information content (AvgIpc) is 3.42. The molecule has 4 aliphatic rings. The number of pyridine rings is 1. The molecule has 0 bridgehead atoms. The molecule has 6 rings (SSSR count). The number of carbonyl (C=O) groups excluding carboxylic acids is 1. The summed E-state index contributed by atoms with van der Waals surface area (Å²) in [6, 6.07) is 10.8. The predicted octanol–water partition coefficient (Wildman–Crippen LogP) is 3.52. The number of halogens is 1. The van der Waals surface area contributed by atoms with Gasteiger partial charge in [-0.2, -0.15) is 5.26 Å². The topological polar surface area (TPSA) is 79.2 Å². The molecule has 0 radical (unpaired) electrons. The van der Waals surface area contributed by atoms with Gasteiger partial charge < -0.3 is 29.2 Å². The lowest BCUT2D eigenvalue weighted by Crippen LogP contribution is -2.55. The monoisotopic (exact) mass is 587 g/mol. The Labute approximate surface area is 254 Å². The number of likely N-dealkylation sites (N-methyl/N-ethyl adjacent to an activating group) is 2. The van der Waals surface area contributed by atoms with Crippen LogP contribution >= 0.6 is 0 Å². The van der Waals surface area contributed by atoms with Gasteiger partial charge in [-0.1, -0.05) is 18.7 Å². The number of aromatic nitrogens is 1. The molecule has 0 N–H and O–H groups in total. The highest BCUT2D eigenvalue weighted by atomic mass is 19.1.